The largest absolute Gasteiger partial charge is 0.497 e. The normalized spacial score (nSPS) is 10.8. The molecule has 0 atom stereocenters. The molecule has 3 heteroatoms. The summed E-state index contributed by atoms with van der Waals surface area (Å²) in [6.45, 7) is 3.86. The van der Waals surface area contributed by atoms with E-state index < -0.39 is 0 Å². The molecule has 1 rings (SSSR count). The minimum atomic E-state index is -0.0779. The second-order valence-electron chi connectivity index (χ2n) is 3.77. The molecule has 0 saturated heterocycles. The van der Waals surface area contributed by atoms with Crippen molar-refractivity contribution in [1.29, 1.82) is 0 Å². The Labute approximate surface area is 96.1 Å². The van der Waals surface area contributed by atoms with E-state index in [1.165, 1.54) is 6.08 Å². The van der Waals surface area contributed by atoms with E-state index in [0.29, 0.717) is 0 Å². The van der Waals surface area contributed by atoms with Gasteiger partial charge in [0, 0.05) is 12.1 Å². The van der Waals surface area contributed by atoms with Gasteiger partial charge in [-0.05, 0) is 37.6 Å². The number of ether oxygens (including phenoxy) is 1. The fourth-order valence-electron chi connectivity index (χ4n) is 1.22. The molecular formula is C13H17NO2. The van der Waals surface area contributed by atoms with E-state index in [1.807, 2.05) is 38.1 Å². The topological polar surface area (TPSA) is 38.3 Å². The van der Waals surface area contributed by atoms with E-state index in [4.69, 9.17) is 4.74 Å². The van der Waals surface area contributed by atoms with E-state index in [-0.39, 0.29) is 11.9 Å². The summed E-state index contributed by atoms with van der Waals surface area (Å²) in [7, 11) is 1.63. The molecule has 1 aromatic rings. The molecule has 3 nitrogen and oxygen atoms in total. The van der Waals surface area contributed by atoms with Crippen LogP contribution in [0.2, 0.25) is 0 Å². The fraction of sp³-hybridized carbons (Fsp3) is 0.308. The average molecular weight is 219 g/mol. The summed E-state index contributed by atoms with van der Waals surface area (Å²) >= 11 is 0. The van der Waals surface area contributed by atoms with Gasteiger partial charge in [0.15, 0.2) is 0 Å². The first-order valence-electron chi connectivity index (χ1n) is 5.24. The molecule has 0 aliphatic heterocycles. The Morgan fingerprint density at radius 3 is 2.44 bits per heavy atom. The van der Waals surface area contributed by atoms with Crippen LogP contribution in [-0.4, -0.2) is 19.1 Å². The Bertz CT molecular complexity index is 366. The summed E-state index contributed by atoms with van der Waals surface area (Å²) < 4.78 is 5.04. The van der Waals surface area contributed by atoms with Gasteiger partial charge < -0.3 is 10.1 Å². The third-order valence-electron chi connectivity index (χ3n) is 1.97. The zero-order valence-electron chi connectivity index (χ0n) is 9.86. The zero-order valence-corrected chi connectivity index (χ0v) is 9.86. The van der Waals surface area contributed by atoms with Crippen LogP contribution in [0.3, 0.4) is 0 Å². The Morgan fingerprint density at radius 1 is 1.31 bits per heavy atom. The van der Waals surface area contributed by atoms with Crippen LogP contribution < -0.4 is 10.1 Å². The first-order valence-corrected chi connectivity index (χ1v) is 5.24. The van der Waals surface area contributed by atoms with Crippen molar-refractivity contribution >= 4 is 12.0 Å². The third-order valence-corrected chi connectivity index (χ3v) is 1.97. The fourth-order valence-corrected chi connectivity index (χ4v) is 1.22. The number of nitrogens with one attached hydrogen (secondary N) is 1. The highest BCUT2D eigenvalue weighted by molar-refractivity contribution is 5.91. The molecule has 0 aliphatic carbocycles. The summed E-state index contributed by atoms with van der Waals surface area (Å²) in [5.74, 6) is 0.731. The van der Waals surface area contributed by atoms with Crippen molar-refractivity contribution < 1.29 is 9.53 Å². The summed E-state index contributed by atoms with van der Waals surface area (Å²) in [5, 5.41) is 2.79. The molecule has 0 spiro atoms. The maximum absolute atomic E-state index is 11.3. The zero-order chi connectivity index (χ0) is 12.0. The molecule has 0 aliphatic rings. The maximum Gasteiger partial charge on any atom is 0.244 e. The number of carbonyl (C=O) groups excluding carboxylic acids is 1. The molecule has 1 amide bonds. The minimum Gasteiger partial charge on any atom is -0.497 e. The van der Waals surface area contributed by atoms with Crippen molar-refractivity contribution in [2.24, 2.45) is 0 Å². The number of hydrogen-bond acceptors (Lipinski definition) is 2. The van der Waals surface area contributed by atoms with Crippen molar-refractivity contribution in [1.82, 2.24) is 5.32 Å². The van der Waals surface area contributed by atoms with Gasteiger partial charge in [-0.15, -0.1) is 0 Å². The van der Waals surface area contributed by atoms with Crippen molar-refractivity contribution in [3.63, 3.8) is 0 Å². The first-order chi connectivity index (χ1) is 7.61. The lowest BCUT2D eigenvalue weighted by Crippen LogP contribution is -2.28. The predicted molar refractivity (Wildman–Crippen MR) is 65.3 cm³/mol. The van der Waals surface area contributed by atoms with Gasteiger partial charge in [-0.3, -0.25) is 4.79 Å². The Balaban J connectivity index is 2.58. The van der Waals surface area contributed by atoms with E-state index in [2.05, 4.69) is 5.32 Å². The van der Waals surface area contributed by atoms with Crippen LogP contribution in [0.4, 0.5) is 0 Å². The van der Waals surface area contributed by atoms with Gasteiger partial charge in [-0.2, -0.15) is 0 Å². The van der Waals surface area contributed by atoms with Gasteiger partial charge in [0.05, 0.1) is 7.11 Å². The number of rotatable bonds is 4. The third kappa shape index (κ3) is 4.17. The second-order valence-corrected chi connectivity index (χ2v) is 3.77. The number of hydrogen-bond donors (Lipinski definition) is 1. The minimum absolute atomic E-state index is 0.0779. The quantitative estimate of drug-likeness (QED) is 0.789. The number of methoxy groups -OCH3 is 1. The molecule has 86 valence electrons. The van der Waals surface area contributed by atoms with Crippen LogP contribution in [0.1, 0.15) is 19.4 Å². The van der Waals surface area contributed by atoms with Gasteiger partial charge in [0.2, 0.25) is 5.91 Å². The predicted octanol–water partition coefficient (Wildman–Crippen LogP) is 2.23. The van der Waals surface area contributed by atoms with E-state index in [9.17, 15) is 4.79 Å². The van der Waals surface area contributed by atoms with Crippen LogP contribution in [0.25, 0.3) is 6.08 Å². The first kappa shape index (κ1) is 12.3. The van der Waals surface area contributed by atoms with Gasteiger partial charge in [0.25, 0.3) is 0 Å². The van der Waals surface area contributed by atoms with Crippen LogP contribution >= 0.6 is 0 Å². The Hall–Kier alpha value is -1.77. The number of amides is 1. The Morgan fingerprint density at radius 2 is 1.94 bits per heavy atom. The van der Waals surface area contributed by atoms with Gasteiger partial charge in [-0.25, -0.2) is 0 Å². The standard InChI is InChI=1S/C13H17NO2/c1-10(2)14-13(15)9-6-11-4-7-12(16-3)8-5-11/h4-10H,1-3H3,(H,14,15)/b9-6+. The summed E-state index contributed by atoms with van der Waals surface area (Å²) in [5.41, 5.74) is 0.972. The van der Waals surface area contributed by atoms with Crippen molar-refractivity contribution in [3.05, 3.63) is 35.9 Å². The van der Waals surface area contributed by atoms with E-state index in [0.717, 1.165) is 11.3 Å². The van der Waals surface area contributed by atoms with Crippen molar-refractivity contribution in [2.75, 3.05) is 7.11 Å². The van der Waals surface area contributed by atoms with Crippen LogP contribution in [0.15, 0.2) is 30.3 Å². The molecular weight excluding hydrogens is 202 g/mol. The molecule has 0 saturated carbocycles. The maximum atomic E-state index is 11.3. The van der Waals surface area contributed by atoms with Crippen LogP contribution in [0, 0.1) is 0 Å². The molecule has 0 fully saturated rings. The lowest BCUT2D eigenvalue weighted by molar-refractivity contribution is -0.116. The Kier molecular flexibility index (Phi) is 4.58. The van der Waals surface area contributed by atoms with Crippen LogP contribution in [0.5, 0.6) is 5.75 Å². The van der Waals surface area contributed by atoms with E-state index in [1.54, 1.807) is 13.2 Å². The molecule has 16 heavy (non-hydrogen) atoms. The lowest BCUT2D eigenvalue weighted by Gasteiger charge is -2.04. The molecule has 0 radical (unpaired) electrons. The SMILES string of the molecule is COc1ccc(/C=C/C(=O)NC(C)C)cc1. The van der Waals surface area contributed by atoms with Gasteiger partial charge in [-0.1, -0.05) is 12.1 Å². The number of carbonyl (C=O) groups is 1. The molecule has 0 aromatic heterocycles. The molecule has 1 aromatic carbocycles. The summed E-state index contributed by atoms with van der Waals surface area (Å²) in [6, 6.07) is 7.68. The second kappa shape index (κ2) is 5.95. The van der Waals surface area contributed by atoms with Gasteiger partial charge in [0.1, 0.15) is 5.75 Å². The molecule has 0 unspecified atom stereocenters. The average Bonchev–Trinajstić information content (AvgIpc) is 2.26. The highest BCUT2D eigenvalue weighted by Crippen LogP contribution is 2.12. The van der Waals surface area contributed by atoms with Crippen molar-refractivity contribution in [2.45, 2.75) is 19.9 Å². The highest BCUT2D eigenvalue weighted by atomic mass is 16.5. The number of benzene rings is 1. The van der Waals surface area contributed by atoms with Gasteiger partial charge >= 0.3 is 0 Å². The summed E-state index contributed by atoms with van der Waals surface area (Å²) in [4.78, 5) is 11.3. The molecule has 0 bridgehead atoms. The summed E-state index contributed by atoms with van der Waals surface area (Å²) in [6.07, 6.45) is 3.30. The van der Waals surface area contributed by atoms with Crippen LogP contribution in [-0.2, 0) is 4.79 Å². The molecule has 0 heterocycles. The highest BCUT2D eigenvalue weighted by Gasteiger charge is 1.97. The molecule has 1 N–H and O–H groups in total. The van der Waals surface area contributed by atoms with E-state index >= 15 is 0 Å². The monoisotopic (exact) mass is 219 g/mol. The van der Waals surface area contributed by atoms with Crippen molar-refractivity contribution in [3.8, 4) is 5.75 Å². The smallest absolute Gasteiger partial charge is 0.244 e. The lowest BCUT2D eigenvalue weighted by atomic mass is 10.2.